The molecule has 0 saturated heterocycles. The van der Waals surface area contributed by atoms with E-state index in [9.17, 15) is 0 Å². The van der Waals surface area contributed by atoms with E-state index in [1.807, 2.05) is 0 Å². The summed E-state index contributed by atoms with van der Waals surface area (Å²) in [5.41, 5.74) is 0. The molecule has 0 fully saturated rings. The number of hydrogen-bond donors (Lipinski definition) is 0. The average Bonchev–Trinajstić information content (AvgIpc) is 1.50. The summed E-state index contributed by atoms with van der Waals surface area (Å²) in [4.78, 5) is 0. The predicted octanol–water partition coefficient (Wildman–Crippen LogP) is -1.54. The normalized spacial score (nSPS) is 1.00. The standard InChI is InChI=1S/2Li.2O.2Zr.2H. The van der Waals surface area contributed by atoms with Crippen molar-refractivity contribution in [3.63, 3.8) is 0 Å². The van der Waals surface area contributed by atoms with Gasteiger partial charge in [0.15, 0.2) is 0 Å². The van der Waals surface area contributed by atoms with Gasteiger partial charge in [0.1, 0.15) is 0 Å². The van der Waals surface area contributed by atoms with E-state index in [1.165, 1.54) is 0 Å². The van der Waals surface area contributed by atoms with Gasteiger partial charge in [-0.1, -0.05) is 0 Å². The van der Waals surface area contributed by atoms with Crippen molar-refractivity contribution in [3.8, 4) is 0 Å². The van der Waals surface area contributed by atoms with E-state index in [-0.39, 0.29) is 37.7 Å². The van der Waals surface area contributed by atoms with Crippen LogP contribution in [0.2, 0.25) is 0 Å². The van der Waals surface area contributed by atoms with Crippen molar-refractivity contribution < 1.29 is 55.1 Å². The third-order valence-electron chi connectivity index (χ3n) is 0. The van der Waals surface area contributed by atoms with Crippen LogP contribution < -0.4 is 0 Å². The maximum atomic E-state index is 8.34. The molecule has 0 aliphatic heterocycles. The summed E-state index contributed by atoms with van der Waals surface area (Å²) in [6.07, 6.45) is 0. The molecule has 0 aromatic carbocycles. The predicted molar refractivity (Wildman–Crippen MR) is 15.7 cm³/mol. The van der Waals surface area contributed by atoms with E-state index < -0.39 is 0 Å². The van der Waals surface area contributed by atoms with Gasteiger partial charge in [-0.2, -0.15) is 0 Å². The van der Waals surface area contributed by atoms with Gasteiger partial charge >= 0.3 is 92.8 Å². The molecule has 2 nitrogen and oxygen atoms in total. The van der Waals surface area contributed by atoms with E-state index in [2.05, 4.69) is 0 Å². The van der Waals surface area contributed by atoms with Gasteiger partial charge < -0.3 is 0 Å². The van der Waals surface area contributed by atoms with Crippen molar-refractivity contribution in [1.29, 1.82) is 0 Å². The maximum absolute atomic E-state index is 8.34. The molecular weight excluding hydrogens is 228 g/mol. The number of rotatable bonds is 0. The van der Waals surface area contributed by atoms with Gasteiger partial charge in [0.25, 0.3) is 0 Å². The fourth-order valence-corrected chi connectivity index (χ4v) is 0. The van der Waals surface area contributed by atoms with Crippen LogP contribution in [0.5, 0.6) is 0 Å². The fraction of sp³-hybridized carbons (Fsp3) is 0. The summed E-state index contributed by atoms with van der Waals surface area (Å²) < 4.78 is 16.7. The fourth-order valence-electron chi connectivity index (χ4n) is 0. The second kappa shape index (κ2) is 49.6. The molecule has 0 rings (SSSR count). The van der Waals surface area contributed by atoms with E-state index >= 15 is 0 Å². The zero-order valence-electron chi connectivity index (χ0n) is 1.82. The van der Waals surface area contributed by atoms with Crippen LogP contribution in [-0.2, 0) is 55.1 Å². The van der Waals surface area contributed by atoms with Gasteiger partial charge in [-0.25, -0.2) is 0 Å². The summed E-state index contributed by atoms with van der Waals surface area (Å²) >= 11 is 0.600. The van der Waals surface area contributed by atoms with Crippen LogP contribution in [0.4, 0.5) is 0 Å². The zero-order valence-corrected chi connectivity index (χ0v) is 6.73. The first-order valence-corrected chi connectivity index (χ1v) is 2.42. The first-order valence-electron chi connectivity index (χ1n) is 0.408. The van der Waals surface area contributed by atoms with Crippen LogP contribution in [0.1, 0.15) is 0 Å². The number of hydrogen-bond acceptors (Lipinski definition) is 2. The zero-order chi connectivity index (χ0) is 4.00. The molecule has 0 saturated carbocycles. The Hall–Kier alpha value is 2.56. The molecule has 0 unspecified atom stereocenters. The molecule has 0 aliphatic rings. The summed E-state index contributed by atoms with van der Waals surface area (Å²) in [6, 6.07) is 0. The van der Waals surface area contributed by atoms with E-state index in [0.29, 0.717) is 49.4 Å². The van der Waals surface area contributed by atoms with E-state index in [4.69, 9.17) is 5.63 Å². The Morgan fingerprint density at radius 2 is 0.667 bits per heavy atom. The second-order valence-electron chi connectivity index (χ2n) is 0. The molecule has 24 valence electrons. The molecule has 0 aromatic rings. The van der Waals surface area contributed by atoms with Crippen molar-refractivity contribution >= 4 is 37.7 Å². The monoisotopic (exact) mass is 228 g/mol. The summed E-state index contributed by atoms with van der Waals surface area (Å²) in [5, 5.41) is 0. The van der Waals surface area contributed by atoms with Crippen molar-refractivity contribution in [2.24, 2.45) is 0 Å². The molecule has 0 bridgehead atoms. The molecule has 0 radical (unpaired) electrons. The van der Waals surface area contributed by atoms with Gasteiger partial charge in [-0.3, -0.25) is 0 Å². The third-order valence-corrected chi connectivity index (χ3v) is 0. The van der Waals surface area contributed by atoms with Gasteiger partial charge in [0.05, 0.1) is 0 Å². The van der Waals surface area contributed by atoms with Crippen LogP contribution in [0, 0.1) is 0 Å². The van der Waals surface area contributed by atoms with Gasteiger partial charge in [0, 0.05) is 0 Å². The molecule has 0 aromatic heterocycles. The van der Waals surface area contributed by atoms with Gasteiger partial charge in [0.2, 0.25) is 0 Å². The molecule has 0 N–H and O–H groups in total. The second-order valence-corrected chi connectivity index (χ2v) is 0. The first kappa shape index (κ1) is 23.5. The molecule has 0 heterocycles. The molecule has 0 spiro atoms. The molecule has 0 atom stereocenters. The van der Waals surface area contributed by atoms with E-state index in [0.717, 1.165) is 0 Å². The molecular formula is H2Li2O2Zr2. The molecule has 0 aliphatic carbocycles. The summed E-state index contributed by atoms with van der Waals surface area (Å²) in [7, 11) is 0. The van der Waals surface area contributed by atoms with Crippen molar-refractivity contribution in [1.82, 2.24) is 0 Å². The van der Waals surface area contributed by atoms with Crippen molar-refractivity contribution in [2.45, 2.75) is 0 Å². The quantitative estimate of drug-likeness (QED) is 0.473. The summed E-state index contributed by atoms with van der Waals surface area (Å²) in [6.45, 7) is 0. The Morgan fingerprint density at radius 3 is 0.667 bits per heavy atom. The minimum atomic E-state index is 0. The Balaban J connectivity index is -0.00000000500. The van der Waals surface area contributed by atoms with Gasteiger partial charge in [-0.05, 0) is 0 Å². The van der Waals surface area contributed by atoms with Crippen LogP contribution in [0.15, 0.2) is 0 Å². The Labute approximate surface area is 91.1 Å². The van der Waals surface area contributed by atoms with Crippen molar-refractivity contribution in [3.05, 3.63) is 0 Å². The first-order chi connectivity index (χ1) is 2.00. The molecule has 6 heteroatoms. The van der Waals surface area contributed by atoms with E-state index in [1.54, 1.807) is 0 Å². The summed E-state index contributed by atoms with van der Waals surface area (Å²) in [5.74, 6) is 0. The topological polar surface area (TPSA) is 34.1 Å². The molecule has 0 amide bonds. The van der Waals surface area contributed by atoms with Gasteiger partial charge in [-0.15, -0.1) is 0 Å². The molecule has 6 heavy (non-hydrogen) atoms. The van der Waals surface area contributed by atoms with Crippen molar-refractivity contribution in [2.75, 3.05) is 0 Å². The third kappa shape index (κ3) is 30.9. The van der Waals surface area contributed by atoms with Crippen LogP contribution in [-0.4, -0.2) is 37.7 Å². The average molecular weight is 230 g/mol. The Kier molecular flexibility index (Phi) is 195. The van der Waals surface area contributed by atoms with Crippen LogP contribution in [0.25, 0.3) is 0 Å². The SMILES string of the molecule is [LiH].[LiH].[O]=[Zr].[O]=[Zr]. The van der Waals surface area contributed by atoms with Crippen LogP contribution in [0.3, 0.4) is 0 Å². The Morgan fingerprint density at radius 1 is 0.667 bits per heavy atom. The van der Waals surface area contributed by atoms with Crippen LogP contribution >= 0.6 is 0 Å². The minimum absolute atomic E-state index is 0. The Bertz CT molecular complexity index is 11.5.